The molecule has 112 valence electrons. The van der Waals surface area contributed by atoms with Gasteiger partial charge in [-0.05, 0) is 37.0 Å². The Labute approximate surface area is 120 Å². The van der Waals surface area contributed by atoms with Gasteiger partial charge in [-0.3, -0.25) is 0 Å². The van der Waals surface area contributed by atoms with E-state index in [0.29, 0.717) is 23.8 Å². The first-order valence-corrected chi connectivity index (χ1v) is 7.91. The SMILES string of the molecule is CC1(C)[C@H](Cc2cc(CCO)on2)C[C@@H]1NC1CCC1. The summed E-state index contributed by atoms with van der Waals surface area (Å²) < 4.78 is 5.23. The zero-order valence-electron chi connectivity index (χ0n) is 12.6. The van der Waals surface area contributed by atoms with Gasteiger partial charge in [-0.25, -0.2) is 0 Å². The van der Waals surface area contributed by atoms with Gasteiger partial charge >= 0.3 is 0 Å². The third-order valence-electron chi connectivity index (χ3n) is 5.43. The fourth-order valence-corrected chi connectivity index (χ4v) is 3.44. The average molecular weight is 278 g/mol. The molecule has 2 aliphatic carbocycles. The maximum Gasteiger partial charge on any atom is 0.139 e. The van der Waals surface area contributed by atoms with E-state index in [0.717, 1.165) is 23.9 Å². The molecule has 4 nitrogen and oxygen atoms in total. The van der Waals surface area contributed by atoms with Crippen LogP contribution in [0.1, 0.15) is 51.0 Å². The number of aliphatic hydroxyl groups excluding tert-OH is 1. The Morgan fingerprint density at radius 3 is 2.85 bits per heavy atom. The molecule has 0 saturated heterocycles. The third-order valence-corrected chi connectivity index (χ3v) is 5.43. The Kier molecular flexibility index (Phi) is 3.87. The minimum Gasteiger partial charge on any atom is -0.396 e. The molecule has 2 saturated carbocycles. The Hall–Kier alpha value is -0.870. The zero-order chi connectivity index (χ0) is 14.2. The summed E-state index contributed by atoms with van der Waals surface area (Å²) in [6.07, 6.45) is 6.89. The van der Waals surface area contributed by atoms with Gasteiger partial charge in [0.2, 0.25) is 0 Å². The topological polar surface area (TPSA) is 58.3 Å². The van der Waals surface area contributed by atoms with Crippen molar-refractivity contribution >= 4 is 0 Å². The summed E-state index contributed by atoms with van der Waals surface area (Å²) in [5.74, 6) is 1.47. The van der Waals surface area contributed by atoms with Gasteiger partial charge < -0.3 is 14.9 Å². The predicted octanol–water partition coefficient (Wildman–Crippen LogP) is 2.31. The van der Waals surface area contributed by atoms with Crippen LogP contribution in [0.4, 0.5) is 0 Å². The minimum absolute atomic E-state index is 0.122. The predicted molar refractivity (Wildman–Crippen MR) is 77.4 cm³/mol. The van der Waals surface area contributed by atoms with Crippen LogP contribution in [-0.2, 0) is 12.8 Å². The summed E-state index contributed by atoms with van der Waals surface area (Å²) >= 11 is 0. The van der Waals surface area contributed by atoms with Crippen LogP contribution in [0, 0.1) is 11.3 Å². The summed E-state index contributed by atoms with van der Waals surface area (Å²) in [6, 6.07) is 3.42. The zero-order valence-corrected chi connectivity index (χ0v) is 12.6. The van der Waals surface area contributed by atoms with Gasteiger partial charge in [0.05, 0.1) is 12.3 Å². The van der Waals surface area contributed by atoms with E-state index in [-0.39, 0.29) is 6.61 Å². The van der Waals surface area contributed by atoms with E-state index in [4.69, 9.17) is 9.63 Å². The number of nitrogens with zero attached hydrogens (tertiary/aromatic N) is 1. The Bertz CT molecular complexity index is 451. The first kappa shape index (κ1) is 14.1. The van der Waals surface area contributed by atoms with Gasteiger partial charge in [0, 0.05) is 24.6 Å². The van der Waals surface area contributed by atoms with Crippen LogP contribution >= 0.6 is 0 Å². The van der Waals surface area contributed by atoms with E-state index < -0.39 is 0 Å². The molecule has 0 aliphatic heterocycles. The maximum absolute atomic E-state index is 8.90. The second-order valence-electron chi connectivity index (χ2n) is 7.06. The lowest BCUT2D eigenvalue weighted by molar-refractivity contribution is 0.000515. The van der Waals surface area contributed by atoms with Gasteiger partial charge in [0.25, 0.3) is 0 Å². The van der Waals surface area contributed by atoms with Crippen molar-refractivity contribution in [1.82, 2.24) is 10.5 Å². The largest absolute Gasteiger partial charge is 0.396 e. The molecule has 0 bridgehead atoms. The van der Waals surface area contributed by atoms with Crippen molar-refractivity contribution < 1.29 is 9.63 Å². The highest BCUT2D eigenvalue weighted by Crippen LogP contribution is 2.48. The number of nitrogens with one attached hydrogen (secondary N) is 1. The standard InChI is InChI=1S/C16H26N2O2/c1-16(2)11(9-15(16)17-12-4-3-5-12)8-13-10-14(6-7-19)20-18-13/h10-12,15,17,19H,3-9H2,1-2H3/t11-,15+/m1/s1. The van der Waals surface area contributed by atoms with Gasteiger partial charge in [-0.2, -0.15) is 0 Å². The molecule has 1 aromatic heterocycles. The highest BCUT2D eigenvalue weighted by Gasteiger charge is 2.48. The van der Waals surface area contributed by atoms with Crippen molar-refractivity contribution in [2.45, 2.75) is 64.5 Å². The first-order valence-electron chi connectivity index (χ1n) is 7.91. The van der Waals surface area contributed by atoms with Crippen molar-refractivity contribution in [3.8, 4) is 0 Å². The normalized spacial score (nSPS) is 28.9. The molecule has 2 fully saturated rings. The van der Waals surface area contributed by atoms with Crippen LogP contribution in [0.2, 0.25) is 0 Å². The summed E-state index contributed by atoms with van der Waals surface area (Å²) in [5.41, 5.74) is 1.37. The number of hydrogen-bond donors (Lipinski definition) is 2. The Morgan fingerprint density at radius 1 is 1.45 bits per heavy atom. The second-order valence-corrected chi connectivity index (χ2v) is 7.06. The molecule has 2 N–H and O–H groups in total. The molecule has 3 rings (SSSR count). The van der Waals surface area contributed by atoms with Crippen LogP contribution in [0.5, 0.6) is 0 Å². The second kappa shape index (κ2) is 5.49. The van der Waals surface area contributed by atoms with Gasteiger partial charge in [0.15, 0.2) is 0 Å². The van der Waals surface area contributed by atoms with Crippen LogP contribution in [0.15, 0.2) is 10.6 Å². The highest BCUT2D eigenvalue weighted by atomic mass is 16.5. The van der Waals surface area contributed by atoms with E-state index in [2.05, 4.69) is 24.3 Å². The summed E-state index contributed by atoms with van der Waals surface area (Å²) in [4.78, 5) is 0. The minimum atomic E-state index is 0.122. The Balaban J connectivity index is 1.53. The molecule has 0 unspecified atom stereocenters. The smallest absolute Gasteiger partial charge is 0.139 e. The quantitative estimate of drug-likeness (QED) is 0.838. The highest BCUT2D eigenvalue weighted by molar-refractivity contribution is 5.11. The van der Waals surface area contributed by atoms with Gasteiger partial charge in [-0.1, -0.05) is 25.4 Å². The van der Waals surface area contributed by atoms with Crippen LogP contribution < -0.4 is 5.32 Å². The van der Waals surface area contributed by atoms with E-state index in [1.54, 1.807) is 0 Å². The number of hydrogen-bond acceptors (Lipinski definition) is 4. The monoisotopic (exact) mass is 278 g/mol. The molecule has 20 heavy (non-hydrogen) atoms. The lowest BCUT2D eigenvalue weighted by atomic mass is 9.57. The molecule has 2 aliphatic rings. The Morgan fingerprint density at radius 2 is 2.25 bits per heavy atom. The summed E-state index contributed by atoms with van der Waals surface area (Å²) in [7, 11) is 0. The average Bonchev–Trinajstić information content (AvgIpc) is 2.78. The summed E-state index contributed by atoms with van der Waals surface area (Å²) in [6.45, 7) is 4.86. The van der Waals surface area contributed by atoms with E-state index in [1.165, 1.54) is 25.7 Å². The first-order chi connectivity index (χ1) is 9.59. The molecule has 0 amide bonds. The molecule has 1 aromatic rings. The van der Waals surface area contributed by atoms with Crippen molar-refractivity contribution in [3.05, 3.63) is 17.5 Å². The van der Waals surface area contributed by atoms with Crippen molar-refractivity contribution in [1.29, 1.82) is 0 Å². The lowest BCUT2D eigenvalue weighted by Gasteiger charge is -2.54. The summed E-state index contributed by atoms with van der Waals surface area (Å²) in [5, 5.41) is 16.8. The molecule has 2 atom stereocenters. The van der Waals surface area contributed by atoms with E-state index in [9.17, 15) is 0 Å². The van der Waals surface area contributed by atoms with E-state index >= 15 is 0 Å². The van der Waals surface area contributed by atoms with Crippen LogP contribution in [-0.4, -0.2) is 29.0 Å². The molecular formula is C16H26N2O2. The molecule has 0 radical (unpaired) electrons. The number of aromatic nitrogens is 1. The number of rotatable bonds is 6. The molecule has 0 aromatic carbocycles. The van der Waals surface area contributed by atoms with Gasteiger partial charge in [-0.15, -0.1) is 0 Å². The van der Waals surface area contributed by atoms with Crippen molar-refractivity contribution in [3.63, 3.8) is 0 Å². The van der Waals surface area contributed by atoms with Crippen LogP contribution in [0.25, 0.3) is 0 Å². The molecular weight excluding hydrogens is 252 g/mol. The molecule has 0 spiro atoms. The molecule has 4 heteroatoms. The molecule has 1 heterocycles. The third kappa shape index (κ3) is 2.63. The van der Waals surface area contributed by atoms with Crippen molar-refractivity contribution in [2.75, 3.05) is 6.61 Å². The van der Waals surface area contributed by atoms with Crippen molar-refractivity contribution in [2.24, 2.45) is 11.3 Å². The van der Waals surface area contributed by atoms with Crippen LogP contribution in [0.3, 0.4) is 0 Å². The lowest BCUT2D eigenvalue weighted by Crippen LogP contribution is -2.60. The fraction of sp³-hybridized carbons (Fsp3) is 0.812. The number of aliphatic hydroxyl groups is 1. The maximum atomic E-state index is 8.90. The van der Waals surface area contributed by atoms with Gasteiger partial charge in [0.1, 0.15) is 5.76 Å². The van der Waals surface area contributed by atoms with E-state index in [1.807, 2.05) is 6.07 Å². The fourth-order valence-electron chi connectivity index (χ4n) is 3.44.